The topological polar surface area (TPSA) is 81.7 Å². The van der Waals surface area contributed by atoms with E-state index in [1.165, 1.54) is 4.90 Å². The summed E-state index contributed by atoms with van der Waals surface area (Å²) in [4.78, 5) is 25.6. The number of benzene rings is 3. The lowest BCUT2D eigenvalue weighted by atomic mass is 10.0. The summed E-state index contributed by atoms with van der Waals surface area (Å²) in [7, 11) is 0. The Bertz CT molecular complexity index is 1070. The Balaban J connectivity index is 1.67. The number of hydrogen-bond donors (Lipinski definition) is 3. The van der Waals surface area contributed by atoms with Crippen LogP contribution in [0.25, 0.3) is 11.1 Å². The fourth-order valence-electron chi connectivity index (χ4n) is 3.51. The van der Waals surface area contributed by atoms with E-state index in [1.54, 1.807) is 0 Å². The lowest BCUT2D eigenvalue weighted by molar-refractivity contribution is 0.101. The van der Waals surface area contributed by atoms with Gasteiger partial charge >= 0.3 is 12.1 Å². The standard InChI is InChI=1S/C26H29N3O3/c1-26(2,3)29(25(31)32)17-16-19-10-9-13-21(18-19)27-24(30)28-23-15-8-7-14-22(23)20-11-5-4-6-12-20/h4-15,18H,16-17H2,1-3H3,(H,31,32)(H2,27,28,30). The summed E-state index contributed by atoms with van der Waals surface area (Å²) in [5.74, 6) is 0. The quantitative estimate of drug-likeness (QED) is 0.427. The van der Waals surface area contributed by atoms with Crippen molar-refractivity contribution >= 4 is 23.5 Å². The lowest BCUT2D eigenvalue weighted by Crippen LogP contribution is -2.45. The van der Waals surface area contributed by atoms with Crippen molar-refractivity contribution in [3.05, 3.63) is 84.4 Å². The number of anilines is 2. The molecule has 6 nitrogen and oxygen atoms in total. The van der Waals surface area contributed by atoms with Gasteiger partial charge in [0.1, 0.15) is 0 Å². The number of amides is 3. The van der Waals surface area contributed by atoms with Crippen LogP contribution in [0.15, 0.2) is 78.9 Å². The fourth-order valence-corrected chi connectivity index (χ4v) is 3.51. The van der Waals surface area contributed by atoms with Gasteiger partial charge in [0.2, 0.25) is 0 Å². The molecule has 3 rings (SSSR count). The van der Waals surface area contributed by atoms with Crippen LogP contribution in [0, 0.1) is 0 Å². The third-order valence-corrected chi connectivity index (χ3v) is 5.11. The van der Waals surface area contributed by atoms with Gasteiger partial charge in [0.15, 0.2) is 0 Å². The first-order valence-corrected chi connectivity index (χ1v) is 10.6. The van der Waals surface area contributed by atoms with Crippen molar-refractivity contribution in [1.29, 1.82) is 0 Å². The first kappa shape index (κ1) is 22.9. The molecule has 0 fully saturated rings. The predicted molar refractivity (Wildman–Crippen MR) is 129 cm³/mol. The minimum Gasteiger partial charge on any atom is -0.465 e. The molecule has 0 aliphatic carbocycles. The second kappa shape index (κ2) is 10.0. The first-order chi connectivity index (χ1) is 15.2. The van der Waals surface area contributed by atoms with Crippen LogP contribution in [0.3, 0.4) is 0 Å². The van der Waals surface area contributed by atoms with Crippen molar-refractivity contribution in [2.45, 2.75) is 32.7 Å². The number of hydrogen-bond acceptors (Lipinski definition) is 2. The Kier molecular flexibility index (Phi) is 7.15. The monoisotopic (exact) mass is 431 g/mol. The molecule has 0 aromatic heterocycles. The molecule has 3 N–H and O–H groups in total. The highest BCUT2D eigenvalue weighted by atomic mass is 16.4. The van der Waals surface area contributed by atoms with Crippen LogP contribution in [-0.2, 0) is 6.42 Å². The number of carboxylic acid groups (broad SMARTS) is 1. The summed E-state index contributed by atoms with van der Waals surface area (Å²) in [5.41, 5.74) is 3.79. The van der Waals surface area contributed by atoms with Crippen LogP contribution < -0.4 is 10.6 Å². The average Bonchev–Trinajstić information content (AvgIpc) is 2.74. The molecule has 32 heavy (non-hydrogen) atoms. The highest BCUT2D eigenvalue weighted by Crippen LogP contribution is 2.27. The molecule has 3 aromatic carbocycles. The molecular formula is C26H29N3O3. The van der Waals surface area contributed by atoms with Crippen LogP contribution in [-0.4, -0.2) is 34.2 Å². The van der Waals surface area contributed by atoms with Gasteiger partial charge in [-0.2, -0.15) is 0 Å². The highest BCUT2D eigenvalue weighted by Gasteiger charge is 2.25. The van der Waals surface area contributed by atoms with Gasteiger partial charge < -0.3 is 20.6 Å². The average molecular weight is 432 g/mol. The Morgan fingerprint density at radius 1 is 0.875 bits per heavy atom. The SMILES string of the molecule is CC(C)(C)N(CCc1cccc(NC(=O)Nc2ccccc2-c2ccccc2)c1)C(=O)O. The van der Waals surface area contributed by atoms with Gasteiger partial charge in [0, 0.05) is 23.3 Å². The van der Waals surface area contributed by atoms with E-state index < -0.39 is 11.6 Å². The van der Waals surface area contributed by atoms with Crippen molar-refractivity contribution < 1.29 is 14.7 Å². The second-order valence-corrected chi connectivity index (χ2v) is 8.55. The van der Waals surface area contributed by atoms with Crippen LogP contribution in [0.5, 0.6) is 0 Å². The van der Waals surface area contributed by atoms with Gasteiger partial charge in [-0.15, -0.1) is 0 Å². The molecule has 0 unspecified atom stereocenters. The number of urea groups is 1. The zero-order valence-electron chi connectivity index (χ0n) is 18.6. The molecule has 6 heteroatoms. The van der Waals surface area contributed by atoms with Crippen molar-refractivity contribution in [3.63, 3.8) is 0 Å². The number of para-hydroxylation sites is 1. The largest absolute Gasteiger partial charge is 0.465 e. The van der Waals surface area contributed by atoms with Gasteiger partial charge in [-0.3, -0.25) is 0 Å². The van der Waals surface area contributed by atoms with E-state index in [-0.39, 0.29) is 6.03 Å². The van der Waals surface area contributed by atoms with Gasteiger partial charge in [-0.1, -0.05) is 60.7 Å². The molecule has 0 radical (unpaired) electrons. The smallest absolute Gasteiger partial charge is 0.407 e. The van der Waals surface area contributed by atoms with Crippen molar-refractivity contribution in [2.24, 2.45) is 0 Å². The van der Waals surface area contributed by atoms with Gasteiger partial charge in [-0.05, 0) is 56.5 Å². The van der Waals surface area contributed by atoms with E-state index in [4.69, 9.17) is 0 Å². The summed E-state index contributed by atoms with van der Waals surface area (Å²) < 4.78 is 0. The van der Waals surface area contributed by atoms with E-state index in [1.807, 2.05) is 99.6 Å². The fraction of sp³-hybridized carbons (Fsp3) is 0.231. The van der Waals surface area contributed by atoms with Crippen molar-refractivity contribution in [3.8, 4) is 11.1 Å². The first-order valence-electron chi connectivity index (χ1n) is 10.6. The van der Waals surface area contributed by atoms with Crippen LogP contribution in [0.4, 0.5) is 21.0 Å². The Labute approximate surface area is 188 Å². The molecule has 0 heterocycles. The Morgan fingerprint density at radius 2 is 1.56 bits per heavy atom. The molecule has 0 aliphatic heterocycles. The third kappa shape index (κ3) is 6.11. The van der Waals surface area contributed by atoms with E-state index in [9.17, 15) is 14.7 Å². The zero-order chi connectivity index (χ0) is 23.1. The molecule has 0 bridgehead atoms. The maximum atomic E-state index is 12.7. The molecule has 3 aromatic rings. The van der Waals surface area contributed by atoms with Gasteiger partial charge in [0.05, 0.1) is 5.69 Å². The Morgan fingerprint density at radius 3 is 2.25 bits per heavy atom. The van der Waals surface area contributed by atoms with Crippen molar-refractivity contribution in [1.82, 2.24) is 4.90 Å². The predicted octanol–water partition coefficient (Wildman–Crippen LogP) is 6.32. The van der Waals surface area contributed by atoms with E-state index in [0.717, 1.165) is 22.4 Å². The molecule has 0 aliphatic rings. The number of nitrogens with zero attached hydrogens (tertiary/aromatic N) is 1. The highest BCUT2D eigenvalue weighted by molar-refractivity contribution is 6.02. The van der Waals surface area contributed by atoms with Crippen LogP contribution in [0.1, 0.15) is 26.3 Å². The zero-order valence-corrected chi connectivity index (χ0v) is 18.6. The summed E-state index contributed by atoms with van der Waals surface area (Å²) in [6.45, 7) is 5.99. The van der Waals surface area contributed by atoms with Crippen molar-refractivity contribution in [2.75, 3.05) is 17.2 Å². The minimum absolute atomic E-state index is 0.340. The van der Waals surface area contributed by atoms with E-state index >= 15 is 0 Å². The van der Waals surface area contributed by atoms with Gasteiger partial charge in [-0.25, -0.2) is 9.59 Å². The molecule has 3 amide bonds. The van der Waals surface area contributed by atoms with Gasteiger partial charge in [0.25, 0.3) is 0 Å². The minimum atomic E-state index is -0.941. The number of rotatable bonds is 6. The third-order valence-electron chi connectivity index (χ3n) is 5.11. The lowest BCUT2D eigenvalue weighted by Gasteiger charge is -2.33. The summed E-state index contributed by atoms with van der Waals surface area (Å²) in [5, 5.41) is 15.3. The molecule has 0 spiro atoms. The number of nitrogens with one attached hydrogen (secondary N) is 2. The number of carbonyl (C=O) groups excluding carboxylic acids is 1. The summed E-state index contributed by atoms with van der Waals surface area (Å²) in [6.07, 6.45) is -0.388. The second-order valence-electron chi connectivity index (χ2n) is 8.55. The maximum absolute atomic E-state index is 12.7. The maximum Gasteiger partial charge on any atom is 0.407 e. The molecule has 0 atom stereocenters. The Hall–Kier alpha value is -3.80. The van der Waals surface area contributed by atoms with E-state index in [2.05, 4.69) is 10.6 Å². The summed E-state index contributed by atoms with van der Waals surface area (Å²) in [6, 6.07) is 24.6. The van der Waals surface area contributed by atoms with Crippen LogP contribution in [0.2, 0.25) is 0 Å². The molecular weight excluding hydrogens is 402 g/mol. The van der Waals surface area contributed by atoms with E-state index in [0.29, 0.717) is 18.7 Å². The molecule has 0 saturated carbocycles. The number of carbonyl (C=O) groups is 2. The normalized spacial score (nSPS) is 11.0. The molecule has 0 saturated heterocycles. The summed E-state index contributed by atoms with van der Waals surface area (Å²) >= 11 is 0. The van der Waals surface area contributed by atoms with Crippen LogP contribution >= 0.6 is 0 Å². The molecule has 166 valence electrons.